The molecule has 0 aromatic rings. The van der Waals surface area contributed by atoms with Crippen LogP contribution in [-0.2, 0) is 9.53 Å². The minimum atomic E-state index is 0.174. The minimum absolute atomic E-state index is 0.174. The molecule has 1 rings (SSSR count). The molecule has 3 nitrogen and oxygen atoms in total. The van der Waals surface area contributed by atoms with Gasteiger partial charge in [-0.3, -0.25) is 4.79 Å². The van der Waals surface area contributed by atoms with Gasteiger partial charge in [0, 0.05) is 19.5 Å². The van der Waals surface area contributed by atoms with E-state index in [1.54, 1.807) is 0 Å². The maximum atomic E-state index is 12.1. The van der Waals surface area contributed by atoms with Crippen LogP contribution in [0.5, 0.6) is 0 Å². The smallest absolute Gasteiger partial charge is 0.222 e. The van der Waals surface area contributed by atoms with Gasteiger partial charge >= 0.3 is 0 Å². The summed E-state index contributed by atoms with van der Waals surface area (Å²) in [4.78, 5) is 14.1. The van der Waals surface area contributed by atoms with E-state index in [0.717, 1.165) is 25.9 Å². The molecular formula is C17H31NO2. The van der Waals surface area contributed by atoms with E-state index in [-0.39, 0.29) is 12.2 Å². The quantitative estimate of drug-likeness (QED) is 0.473. The Labute approximate surface area is 124 Å². The standard InChI is InChI=1S/C17H31NO2/c1-4-5-6-7-8-9-10-11-12-17(19)18-13-15(2)20-16(3)14-18/h4,15-16H,1,5-14H2,2-3H3. The van der Waals surface area contributed by atoms with Gasteiger partial charge in [0.05, 0.1) is 12.2 Å². The van der Waals surface area contributed by atoms with E-state index in [0.29, 0.717) is 12.3 Å². The zero-order chi connectivity index (χ0) is 14.8. The number of hydrogen-bond acceptors (Lipinski definition) is 2. The fourth-order valence-electron chi connectivity index (χ4n) is 2.81. The number of ether oxygens (including phenoxy) is 1. The van der Waals surface area contributed by atoms with Crippen molar-refractivity contribution in [3.63, 3.8) is 0 Å². The van der Waals surface area contributed by atoms with E-state index in [1.807, 2.05) is 24.8 Å². The van der Waals surface area contributed by atoms with Crippen LogP contribution in [-0.4, -0.2) is 36.1 Å². The van der Waals surface area contributed by atoms with Crippen LogP contribution in [0, 0.1) is 0 Å². The Balaban J connectivity index is 2.03. The maximum absolute atomic E-state index is 12.1. The SMILES string of the molecule is C=CCCCCCCCCC(=O)N1CC(C)OC(C)C1. The third-order valence-corrected chi connectivity index (χ3v) is 3.82. The van der Waals surface area contributed by atoms with Crippen molar-refractivity contribution in [1.82, 2.24) is 4.90 Å². The molecule has 0 aromatic heterocycles. The second kappa shape index (κ2) is 9.98. The number of amides is 1. The Bertz CT molecular complexity index is 281. The average Bonchev–Trinajstić information content (AvgIpc) is 2.40. The maximum Gasteiger partial charge on any atom is 0.222 e. The highest BCUT2D eigenvalue weighted by atomic mass is 16.5. The minimum Gasteiger partial charge on any atom is -0.372 e. The number of allylic oxidation sites excluding steroid dienone is 1. The first kappa shape index (κ1) is 17.2. The van der Waals surface area contributed by atoms with E-state index in [4.69, 9.17) is 4.74 Å². The molecule has 0 bridgehead atoms. The van der Waals surface area contributed by atoms with Crippen molar-refractivity contribution in [3.05, 3.63) is 12.7 Å². The van der Waals surface area contributed by atoms with E-state index in [2.05, 4.69) is 6.58 Å². The number of carbonyl (C=O) groups excluding carboxylic acids is 1. The molecule has 0 spiro atoms. The molecule has 0 saturated carbocycles. The largest absolute Gasteiger partial charge is 0.372 e. The Hall–Kier alpha value is -0.830. The van der Waals surface area contributed by atoms with Crippen LogP contribution in [0.15, 0.2) is 12.7 Å². The number of morpholine rings is 1. The fourth-order valence-corrected chi connectivity index (χ4v) is 2.81. The third kappa shape index (κ3) is 7.09. The lowest BCUT2D eigenvalue weighted by atomic mass is 10.1. The number of nitrogens with zero attached hydrogens (tertiary/aromatic N) is 1. The summed E-state index contributed by atoms with van der Waals surface area (Å²) < 4.78 is 5.66. The summed E-state index contributed by atoms with van der Waals surface area (Å²) in [6, 6.07) is 0. The average molecular weight is 281 g/mol. The molecule has 0 radical (unpaired) electrons. The summed E-state index contributed by atoms with van der Waals surface area (Å²) in [6.45, 7) is 9.32. The molecule has 1 saturated heterocycles. The summed E-state index contributed by atoms with van der Waals surface area (Å²) in [5.74, 6) is 0.304. The van der Waals surface area contributed by atoms with Crippen molar-refractivity contribution in [2.75, 3.05) is 13.1 Å². The molecule has 2 unspecified atom stereocenters. The number of hydrogen-bond donors (Lipinski definition) is 0. The molecule has 1 fully saturated rings. The summed E-state index contributed by atoms with van der Waals surface area (Å²) >= 11 is 0. The lowest BCUT2D eigenvalue weighted by Gasteiger charge is -2.35. The van der Waals surface area contributed by atoms with E-state index in [9.17, 15) is 4.79 Å². The van der Waals surface area contributed by atoms with Crippen LogP contribution in [0.25, 0.3) is 0 Å². The summed E-state index contributed by atoms with van der Waals surface area (Å²) in [6.07, 6.45) is 11.5. The van der Waals surface area contributed by atoms with Gasteiger partial charge in [0.1, 0.15) is 0 Å². The molecule has 2 atom stereocenters. The van der Waals surface area contributed by atoms with Gasteiger partial charge in [0.2, 0.25) is 5.91 Å². The van der Waals surface area contributed by atoms with Crippen LogP contribution in [0.4, 0.5) is 0 Å². The van der Waals surface area contributed by atoms with Crippen molar-refractivity contribution >= 4 is 5.91 Å². The van der Waals surface area contributed by atoms with Gasteiger partial charge < -0.3 is 9.64 Å². The first-order chi connectivity index (χ1) is 9.63. The van der Waals surface area contributed by atoms with E-state index < -0.39 is 0 Å². The molecule has 0 N–H and O–H groups in total. The Morgan fingerprint density at radius 2 is 1.65 bits per heavy atom. The van der Waals surface area contributed by atoms with E-state index in [1.165, 1.54) is 32.1 Å². The number of carbonyl (C=O) groups is 1. The molecule has 1 amide bonds. The van der Waals surface area contributed by atoms with Crippen LogP contribution in [0.2, 0.25) is 0 Å². The second-order valence-corrected chi connectivity index (χ2v) is 6.00. The molecule has 116 valence electrons. The number of unbranched alkanes of at least 4 members (excludes halogenated alkanes) is 6. The second-order valence-electron chi connectivity index (χ2n) is 6.00. The van der Waals surface area contributed by atoms with Crippen molar-refractivity contribution in [2.45, 2.75) is 77.4 Å². The van der Waals surface area contributed by atoms with Crippen molar-refractivity contribution in [3.8, 4) is 0 Å². The van der Waals surface area contributed by atoms with Crippen molar-refractivity contribution < 1.29 is 9.53 Å². The highest BCUT2D eigenvalue weighted by molar-refractivity contribution is 5.76. The lowest BCUT2D eigenvalue weighted by molar-refractivity contribution is -0.143. The summed E-state index contributed by atoms with van der Waals surface area (Å²) in [5, 5.41) is 0. The van der Waals surface area contributed by atoms with Crippen LogP contribution in [0.3, 0.4) is 0 Å². The van der Waals surface area contributed by atoms with Gasteiger partial charge in [-0.25, -0.2) is 0 Å². The monoisotopic (exact) mass is 281 g/mol. The molecule has 1 aliphatic heterocycles. The van der Waals surface area contributed by atoms with Gasteiger partial charge in [-0.05, 0) is 33.1 Å². The molecule has 0 aromatic carbocycles. The zero-order valence-corrected chi connectivity index (χ0v) is 13.3. The zero-order valence-electron chi connectivity index (χ0n) is 13.3. The normalized spacial score (nSPS) is 22.8. The van der Waals surface area contributed by atoms with Gasteiger partial charge in [-0.1, -0.05) is 31.8 Å². The highest BCUT2D eigenvalue weighted by Gasteiger charge is 2.25. The molecule has 20 heavy (non-hydrogen) atoms. The van der Waals surface area contributed by atoms with E-state index >= 15 is 0 Å². The lowest BCUT2D eigenvalue weighted by Crippen LogP contribution is -2.48. The molecule has 3 heteroatoms. The first-order valence-electron chi connectivity index (χ1n) is 8.17. The van der Waals surface area contributed by atoms with Crippen molar-refractivity contribution in [1.29, 1.82) is 0 Å². The summed E-state index contributed by atoms with van der Waals surface area (Å²) in [7, 11) is 0. The Morgan fingerprint density at radius 3 is 2.25 bits per heavy atom. The molecule has 0 aliphatic carbocycles. The fraction of sp³-hybridized carbons (Fsp3) is 0.824. The summed E-state index contributed by atoms with van der Waals surface area (Å²) in [5.41, 5.74) is 0. The third-order valence-electron chi connectivity index (χ3n) is 3.82. The van der Waals surface area contributed by atoms with Crippen LogP contribution < -0.4 is 0 Å². The van der Waals surface area contributed by atoms with Gasteiger partial charge in [0.15, 0.2) is 0 Å². The van der Waals surface area contributed by atoms with Crippen LogP contribution in [0.1, 0.15) is 65.2 Å². The molecule has 1 heterocycles. The number of rotatable bonds is 9. The van der Waals surface area contributed by atoms with Crippen LogP contribution >= 0.6 is 0 Å². The first-order valence-corrected chi connectivity index (χ1v) is 8.17. The predicted octanol–water partition coefficient (Wildman–Crippen LogP) is 3.93. The molecular weight excluding hydrogens is 250 g/mol. The van der Waals surface area contributed by atoms with Gasteiger partial charge in [-0.2, -0.15) is 0 Å². The Kier molecular flexibility index (Phi) is 8.59. The van der Waals surface area contributed by atoms with Crippen molar-refractivity contribution in [2.24, 2.45) is 0 Å². The molecule has 1 aliphatic rings. The Morgan fingerprint density at radius 1 is 1.10 bits per heavy atom. The highest BCUT2D eigenvalue weighted by Crippen LogP contribution is 2.14. The van der Waals surface area contributed by atoms with Gasteiger partial charge in [0.25, 0.3) is 0 Å². The topological polar surface area (TPSA) is 29.5 Å². The van der Waals surface area contributed by atoms with Gasteiger partial charge in [-0.15, -0.1) is 6.58 Å². The predicted molar refractivity (Wildman–Crippen MR) is 83.7 cm³/mol.